The number of rotatable bonds is 12. The number of carbonyl (C=O) groups excluding carboxylic acids is 3. The smallest absolute Gasteiger partial charge is 0.311 e. The minimum Gasteiger partial charge on any atom is -0.459 e. The summed E-state index contributed by atoms with van der Waals surface area (Å²) in [7, 11) is 4.83. The van der Waals surface area contributed by atoms with E-state index >= 15 is 0 Å². The number of aliphatic hydroxyl groups is 4. The van der Waals surface area contributed by atoms with E-state index in [0.717, 1.165) is 5.69 Å². The minimum atomic E-state index is -2.01. The average Bonchev–Trinajstić information content (AvgIpc) is 3.31. The van der Waals surface area contributed by atoms with Crippen molar-refractivity contribution in [3.63, 3.8) is 0 Å². The molecule has 4 aliphatic rings. The number of carbonyl (C=O) groups is 3. The van der Waals surface area contributed by atoms with Crippen LogP contribution < -0.4 is 4.90 Å². The standard InChI is InChI=1S/C50H82FN3O14/c1-14-37-50(10,61)43(58)30(4)40(56)28(2)26-49(9,63-13)45(31(5)42(32(6)46(60)66-37)67-39-27-48(8,62-12)44(59)33(7)65-39)68-47-41(57)36(25-29(3)64-47)52(11)20-19-38(55)54-23-21-53(22-24-54)35-17-15-34(51)16-18-35/h15-18,28-33,36-37,39,41-45,47,57-59,61H,14,19-27H2,1-13H3/t28-,29-,30+,31+,32-,33+,36+,37-,39+,41-,42+,43-,44+,45-,47-,48-,49-,50-/m1/s1. The topological polar surface area (TPSA) is 206 Å². The van der Waals surface area contributed by atoms with Crippen LogP contribution in [-0.2, 0) is 47.5 Å². The van der Waals surface area contributed by atoms with Crippen molar-refractivity contribution in [3.05, 3.63) is 30.1 Å². The molecule has 1 amide bonds. The predicted octanol–water partition coefficient (Wildman–Crippen LogP) is 3.69. The highest BCUT2D eigenvalue weighted by atomic mass is 19.1. The third-order valence-electron chi connectivity index (χ3n) is 15.7. The van der Waals surface area contributed by atoms with Crippen molar-refractivity contribution in [2.24, 2.45) is 23.7 Å². The zero-order valence-corrected chi connectivity index (χ0v) is 42.6. The first kappa shape index (κ1) is 56.0. The van der Waals surface area contributed by atoms with Gasteiger partial charge in [0.1, 0.15) is 35.5 Å². The first-order valence-corrected chi connectivity index (χ1v) is 24.5. The SMILES string of the molecule is CC[C@H]1OC(=O)[C@H](C)[C@@H](O[C@H]2C[C@@](C)(OC)[C@@H](O)[C@H](C)O2)[C@H](C)[C@@H](O[C@H]2O[C@H](C)C[C@H](N(C)CCC(=O)N3CCN(c4ccc(F)cc4)CC3)[C@H]2O)[C@](C)(OC)C[C@@H](C)C(=O)[C@H](C)[C@@H](O)[C@]1(C)O. The Hall–Kier alpha value is -2.88. The highest BCUT2D eigenvalue weighted by Crippen LogP contribution is 2.42. The number of aliphatic hydroxyl groups excluding tert-OH is 3. The van der Waals surface area contributed by atoms with E-state index in [0.29, 0.717) is 39.1 Å². The van der Waals surface area contributed by atoms with Crippen LogP contribution in [0.3, 0.4) is 0 Å². The van der Waals surface area contributed by atoms with E-state index in [4.69, 9.17) is 33.2 Å². The zero-order valence-electron chi connectivity index (χ0n) is 42.6. The van der Waals surface area contributed by atoms with Crippen LogP contribution in [0.25, 0.3) is 0 Å². The number of amides is 1. The van der Waals surface area contributed by atoms with E-state index in [9.17, 15) is 39.2 Å². The van der Waals surface area contributed by atoms with Crippen LogP contribution in [0.15, 0.2) is 24.3 Å². The van der Waals surface area contributed by atoms with Crippen molar-refractivity contribution in [3.8, 4) is 0 Å². The first-order chi connectivity index (χ1) is 31.8. The highest BCUT2D eigenvalue weighted by molar-refractivity contribution is 5.83. The lowest BCUT2D eigenvalue weighted by atomic mass is 9.74. The Balaban J connectivity index is 1.44. The number of hydrogen-bond donors (Lipinski definition) is 4. The average molecular weight is 968 g/mol. The van der Waals surface area contributed by atoms with Crippen LogP contribution >= 0.6 is 0 Å². The maximum atomic E-state index is 14.4. The van der Waals surface area contributed by atoms with Crippen LogP contribution in [0.1, 0.15) is 101 Å². The maximum absolute atomic E-state index is 14.4. The Bertz CT molecular complexity index is 1820. The van der Waals surface area contributed by atoms with Crippen molar-refractivity contribution in [2.45, 2.75) is 186 Å². The number of anilines is 1. The number of ketones is 1. The molecule has 0 spiro atoms. The molecular formula is C50H82FN3O14. The second-order valence-corrected chi connectivity index (χ2v) is 20.7. The van der Waals surface area contributed by atoms with Crippen molar-refractivity contribution in [1.29, 1.82) is 0 Å². The summed E-state index contributed by atoms with van der Waals surface area (Å²) >= 11 is 0. The number of benzene rings is 1. The summed E-state index contributed by atoms with van der Waals surface area (Å²) in [6, 6.07) is 5.82. The van der Waals surface area contributed by atoms with Gasteiger partial charge < -0.3 is 68.3 Å². The van der Waals surface area contributed by atoms with Gasteiger partial charge in [-0.05, 0) is 92.1 Å². The number of cyclic esters (lactones) is 1. The Kier molecular flexibility index (Phi) is 19.1. The van der Waals surface area contributed by atoms with Crippen molar-refractivity contribution < 1.29 is 72.4 Å². The molecule has 4 fully saturated rings. The molecule has 4 N–H and O–H groups in total. The normalized spacial score (nSPS) is 41.6. The predicted molar refractivity (Wildman–Crippen MR) is 250 cm³/mol. The molecular weight excluding hydrogens is 886 g/mol. The van der Waals surface area contributed by atoms with E-state index < -0.39 is 114 Å². The number of piperazine rings is 1. The van der Waals surface area contributed by atoms with Crippen LogP contribution in [0.4, 0.5) is 10.1 Å². The molecule has 17 nitrogen and oxygen atoms in total. The van der Waals surface area contributed by atoms with E-state index in [1.54, 1.807) is 53.7 Å². The molecule has 68 heavy (non-hydrogen) atoms. The molecule has 0 aromatic heterocycles. The summed E-state index contributed by atoms with van der Waals surface area (Å²) < 4.78 is 58.1. The highest BCUT2D eigenvalue weighted by Gasteiger charge is 2.54. The molecule has 1 aromatic rings. The van der Waals surface area contributed by atoms with Crippen LogP contribution in [-0.4, -0.2) is 186 Å². The van der Waals surface area contributed by atoms with Crippen molar-refractivity contribution >= 4 is 23.3 Å². The summed E-state index contributed by atoms with van der Waals surface area (Å²) in [5.41, 5.74) is -3.53. The molecule has 0 radical (unpaired) electrons. The molecule has 4 saturated heterocycles. The van der Waals surface area contributed by atoms with Crippen LogP contribution in [0.2, 0.25) is 0 Å². The summed E-state index contributed by atoms with van der Waals surface area (Å²) in [5.74, 6) is -5.14. The number of ether oxygens (including phenoxy) is 7. The van der Waals surface area contributed by atoms with Gasteiger partial charge in [0.05, 0.1) is 47.6 Å². The fourth-order valence-corrected chi connectivity index (χ4v) is 11.0. The number of esters is 1. The Morgan fingerprint density at radius 2 is 1.49 bits per heavy atom. The number of Topliss-reactive ketones (excluding diaryl/α,β-unsaturated/α-hetero) is 1. The summed E-state index contributed by atoms with van der Waals surface area (Å²) in [6.45, 7) is 19.5. The van der Waals surface area contributed by atoms with E-state index in [1.807, 2.05) is 30.7 Å². The molecule has 18 atom stereocenters. The van der Waals surface area contributed by atoms with Gasteiger partial charge in [0.25, 0.3) is 0 Å². The zero-order chi connectivity index (χ0) is 50.6. The molecule has 1 aromatic carbocycles. The van der Waals surface area contributed by atoms with Gasteiger partial charge >= 0.3 is 5.97 Å². The van der Waals surface area contributed by atoms with E-state index in [-0.39, 0.29) is 43.2 Å². The monoisotopic (exact) mass is 968 g/mol. The van der Waals surface area contributed by atoms with E-state index in [2.05, 4.69) is 4.90 Å². The maximum Gasteiger partial charge on any atom is 0.311 e. The lowest BCUT2D eigenvalue weighted by molar-refractivity contribution is -0.319. The summed E-state index contributed by atoms with van der Waals surface area (Å²) in [6.07, 6.45) is -9.71. The number of halogens is 1. The third-order valence-corrected chi connectivity index (χ3v) is 15.7. The number of methoxy groups -OCH3 is 2. The fraction of sp³-hybridized carbons (Fsp3) is 0.820. The Morgan fingerprint density at radius 3 is 2.07 bits per heavy atom. The lowest BCUT2D eigenvalue weighted by Crippen LogP contribution is -2.61. The van der Waals surface area contributed by atoms with Gasteiger partial charge in [-0.25, -0.2) is 4.39 Å². The van der Waals surface area contributed by atoms with Gasteiger partial charge in [-0.15, -0.1) is 0 Å². The van der Waals surface area contributed by atoms with Crippen LogP contribution in [0, 0.1) is 29.5 Å². The first-order valence-electron chi connectivity index (χ1n) is 24.5. The Morgan fingerprint density at radius 1 is 0.868 bits per heavy atom. The lowest BCUT2D eigenvalue weighted by Gasteiger charge is -2.50. The summed E-state index contributed by atoms with van der Waals surface area (Å²) in [4.78, 5) is 48.1. The molecule has 4 aliphatic heterocycles. The van der Waals surface area contributed by atoms with E-state index in [1.165, 1.54) is 40.2 Å². The van der Waals surface area contributed by atoms with Crippen molar-refractivity contribution in [2.75, 3.05) is 58.9 Å². The Labute approximate surface area is 402 Å². The molecule has 0 saturated carbocycles. The number of hydrogen-bond acceptors (Lipinski definition) is 16. The second kappa shape index (κ2) is 23.1. The van der Waals surface area contributed by atoms with Gasteiger partial charge in [0.2, 0.25) is 5.91 Å². The molecule has 4 heterocycles. The van der Waals surface area contributed by atoms with Crippen LogP contribution in [0.5, 0.6) is 0 Å². The molecule has 0 aliphatic carbocycles. The minimum absolute atomic E-state index is 0.0165. The van der Waals surface area contributed by atoms with Gasteiger partial charge in [0.15, 0.2) is 12.6 Å². The van der Waals surface area contributed by atoms with Crippen molar-refractivity contribution in [1.82, 2.24) is 9.80 Å². The second-order valence-electron chi connectivity index (χ2n) is 20.7. The van der Waals surface area contributed by atoms with Gasteiger partial charge in [-0.2, -0.15) is 0 Å². The van der Waals surface area contributed by atoms with Gasteiger partial charge in [-0.3, -0.25) is 14.4 Å². The van der Waals surface area contributed by atoms with Gasteiger partial charge in [0, 0.05) is 89.3 Å². The molecule has 18 heteroatoms. The molecule has 5 rings (SSSR count). The molecule has 388 valence electrons. The number of nitrogens with zero attached hydrogens (tertiary/aromatic N) is 3. The molecule has 0 unspecified atom stereocenters. The van der Waals surface area contributed by atoms with Gasteiger partial charge in [-0.1, -0.05) is 27.7 Å². The third kappa shape index (κ3) is 12.4. The molecule has 0 bridgehead atoms. The summed E-state index contributed by atoms with van der Waals surface area (Å²) in [5, 5.41) is 46.6. The largest absolute Gasteiger partial charge is 0.459 e. The quantitative estimate of drug-likeness (QED) is 0.221. The number of likely N-dealkylation sites (N-methyl/N-ethyl adjacent to an activating group) is 1. The fourth-order valence-electron chi connectivity index (χ4n) is 11.0.